The molecule has 0 saturated carbocycles. The van der Waals surface area contributed by atoms with Gasteiger partial charge in [0.25, 0.3) is 0 Å². The molecule has 2 rings (SSSR count). The smallest absolute Gasteiger partial charge is 0.444 e. The van der Waals surface area contributed by atoms with Crippen LogP contribution in [0.15, 0.2) is 18.2 Å². The third-order valence-electron chi connectivity index (χ3n) is 4.15. The predicted molar refractivity (Wildman–Crippen MR) is 97.0 cm³/mol. The second kappa shape index (κ2) is 6.25. The SMILES string of the molecule is CC(C)(C)OC(=O)Nc1ccc(Cl)c(B2OC(C)(C)C(C)(C)O2)c1. The molecule has 0 aromatic heterocycles. The van der Waals surface area contributed by atoms with Crippen molar-refractivity contribution in [1.29, 1.82) is 0 Å². The monoisotopic (exact) mass is 353 g/mol. The molecule has 0 spiro atoms. The molecule has 1 fully saturated rings. The number of hydrogen-bond acceptors (Lipinski definition) is 4. The molecule has 1 aliphatic rings. The van der Waals surface area contributed by atoms with E-state index in [4.69, 9.17) is 25.6 Å². The van der Waals surface area contributed by atoms with Gasteiger partial charge in [0.2, 0.25) is 0 Å². The number of hydrogen-bond donors (Lipinski definition) is 1. The highest BCUT2D eigenvalue weighted by atomic mass is 35.5. The lowest BCUT2D eigenvalue weighted by Gasteiger charge is -2.32. The summed E-state index contributed by atoms with van der Waals surface area (Å²) < 4.78 is 17.3. The number of nitrogens with one attached hydrogen (secondary N) is 1. The van der Waals surface area contributed by atoms with Crippen molar-refractivity contribution in [2.75, 3.05) is 5.32 Å². The fraction of sp³-hybridized carbons (Fsp3) is 0.588. The Morgan fingerprint density at radius 3 is 2.21 bits per heavy atom. The zero-order valence-corrected chi connectivity index (χ0v) is 16.1. The first-order valence-corrected chi connectivity index (χ1v) is 8.34. The summed E-state index contributed by atoms with van der Waals surface area (Å²) in [5.74, 6) is 0. The summed E-state index contributed by atoms with van der Waals surface area (Å²) in [6.45, 7) is 13.3. The van der Waals surface area contributed by atoms with Gasteiger partial charge in [-0.25, -0.2) is 4.79 Å². The van der Waals surface area contributed by atoms with Crippen LogP contribution in [0.1, 0.15) is 48.5 Å². The van der Waals surface area contributed by atoms with Crippen molar-refractivity contribution in [3.63, 3.8) is 0 Å². The van der Waals surface area contributed by atoms with Gasteiger partial charge in [-0.15, -0.1) is 0 Å². The van der Waals surface area contributed by atoms with Gasteiger partial charge >= 0.3 is 13.2 Å². The minimum Gasteiger partial charge on any atom is -0.444 e. The van der Waals surface area contributed by atoms with E-state index in [1.165, 1.54) is 0 Å². The maximum Gasteiger partial charge on any atom is 0.496 e. The van der Waals surface area contributed by atoms with Gasteiger partial charge in [-0.1, -0.05) is 11.6 Å². The number of ether oxygens (including phenoxy) is 1. The average Bonchev–Trinajstić information content (AvgIpc) is 2.58. The summed E-state index contributed by atoms with van der Waals surface area (Å²) in [7, 11) is -0.595. The Kier molecular flexibility index (Phi) is 4.97. The molecule has 0 bridgehead atoms. The van der Waals surface area contributed by atoms with Crippen LogP contribution in [-0.2, 0) is 14.0 Å². The molecule has 132 valence electrons. The van der Waals surface area contributed by atoms with E-state index < -0.39 is 30.0 Å². The predicted octanol–water partition coefficient (Wildman–Crippen LogP) is 3.99. The molecule has 1 saturated heterocycles. The van der Waals surface area contributed by atoms with Crippen LogP contribution >= 0.6 is 11.6 Å². The number of rotatable bonds is 2. The molecule has 1 aliphatic heterocycles. The second-order valence-electron chi connectivity index (χ2n) is 7.95. The van der Waals surface area contributed by atoms with Gasteiger partial charge in [0.05, 0.1) is 11.2 Å². The van der Waals surface area contributed by atoms with E-state index in [2.05, 4.69) is 5.32 Å². The van der Waals surface area contributed by atoms with Crippen molar-refractivity contribution in [2.24, 2.45) is 0 Å². The Morgan fingerprint density at radius 2 is 1.71 bits per heavy atom. The first-order valence-electron chi connectivity index (χ1n) is 7.96. The molecule has 1 aromatic carbocycles. The van der Waals surface area contributed by atoms with Crippen molar-refractivity contribution in [2.45, 2.75) is 65.3 Å². The highest BCUT2D eigenvalue weighted by molar-refractivity contribution is 6.65. The molecular weight excluding hydrogens is 328 g/mol. The lowest BCUT2D eigenvalue weighted by molar-refractivity contribution is 0.00578. The first-order chi connectivity index (χ1) is 10.8. The normalized spacial score (nSPS) is 19.2. The van der Waals surface area contributed by atoms with Crippen LogP contribution < -0.4 is 10.8 Å². The van der Waals surface area contributed by atoms with Gasteiger partial charge in [0, 0.05) is 16.2 Å². The number of amides is 1. The molecule has 0 unspecified atom stereocenters. The quantitative estimate of drug-likeness (QED) is 0.817. The van der Waals surface area contributed by atoms with E-state index in [-0.39, 0.29) is 0 Å². The molecular formula is C17H25BClNO4. The van der Waals surface area contributed by atoms with Crippen LogP contribution in [0, 0.1) is 0 Å². The number of benzene rings is 1. The molecule has 1 heterocycles. The molecule has 5 nitrogen and oxygen atoms in total. The van der Waals surface area contributed by atoms with E-state index in [0.29, 0.717) is 16.2 Å². The van der Waals surface area contributed by atoms with Crippen LogP contribution in [0.2, 0.25) is 5.02 Å². The maximum absolute atomic E-state index is 11.9. The Hall–Kier alpha value is -1.24. The summed E-state index contributed by atoms with van der Waals surface area (Å²) in [6.07, 6.45) is -0.523. The van der Waals surface area contributed by atoms with E-state index in [1.807, 2.05) is 48.5 Å². The van der Waals surface area contributed by atoms with Crippen LogP contribution in [0.25, 0.3) is 0 Å². The topological polar surface area (TPSA) is 56.8 Å². The summed E-state index contributed by atoms with van der Waals surface area (Å²) in [5, 5.41) is 3.22. The van der Waals surface area contributed by atoms with Gasteiger partial charge in [-0.2, -0.15) is 0 Å². The summed E-state index contributed by atoms with van der Waals surface area (Å²) in [6, 6.07) is 5.16. The minimum absolute atomic E-state index is 0.463. The molecule has 0 radical (unpaired) electrons. The zero-order valence-electron chi connectivity index (χ0n) is 15.3. The highest BCUT2D eigenvalue weighted by Gasteiger charge is 2.52. The van der Waals surface area contributed by atoms with Crippen LogP contribution in [0.3, 0.4) is 0 Å². The molecule has 7 heteroatoms. The highest BCUT2D eigenvalue weighted by Crippen LogP contribution is 2.37. The molecule has 1 N–H and O–H groups in total. The Morgan fingerprint density at radius 1 is 1.17 bits per heavy atom. The minimum atomic E-state index is -0.595. The summed E-state index contributed by atoms with van der Waals surface area (Å²) >= 11 is 6.30. The van der Waals surface area contributed by atoms with Crippen molar-refractivity contribution < 1.29 is 18.8 Å². The van der Waals surface area contributed by atoms with Crippen molar-refractivity contribution in [3.05, 3.63) is 23.2 Å². The van der Waals surface area contributed by atoms with E-state index in [1.54, 1.807) is 18.2 Å². The lowest BCUT2D eigenvalue weighted by Crippen LogP contribution is -2.41. The second-order valence-corrected chi connectivity index (χ2v) is 8.36. The third kappa shape index (κ3) is 4.24. The molecule has 0 aliphatic carbocycles. The Labute approximate surface area is 149 Å². The van der Waals surface area contributed by atoms with E-state index in [9.17, 15) is 4.79 Å². The number of carbonyl (C=O) groups excluding carboxylic acids is 1. The molecule has 24 heavy (non-hydrogen) atoms. The van der Waals surface area contributed by atoms with Crippen LogP contribution in [0.4, 0.5) is 10.5 Å². The fourth-order valence-corrected chi connectivity index (χ4v) is 2.40. The maximum atomic E-state index is 11.9. The van der Waals surface area contributed by atoms with Gasteiger partial charge in [0.1, 0.15) is 5.60 Å². The van der Waals surface area contributed by atoms with Crippen LogP contribution in [0.5, 0.6) is 0 Å². The largest absolute Gasteiger partial charge is 0.496 e. The van der Waals surface area contributed by atoms with Crippen molar-refractivity contribution >= 4 is 36.0 Å². The fourth-order valence-electron chi connectivity index (χ4n) is 2.19. The van der Waals surface area contributed by atoms with Gasteiger partial charge in [-0.3, -0.25) is 5.32 Å². The third-order valence-corrected chi connectivity index (χ3v) is 4.49. The van der Waals surface area contributed by atoms with E-state index >= 15 is 0 Å². The number of halogens is 1. The average molecular weight is 354 g/mol. The van der Waals surface area contributed by atoms with Crippen molar-refractivity contribution in [1.82, 2.24) is 0 Å². The van der Waals surface area contributed by atoms with Crippen molar-refractivity contribution in [3.8, 4) is 0 Å². The zero-order chi connectivity index (χ0) is 18.3. The summed E-state index contributed by atoms with van der Waals surface area (Å²) in [4.78, 5) is 11.9. The Balaban J connectivity index is 2.20. The number of anilines is 1. The van der Waals surface area contributed by atoms with Gasteiger partial charge in [-0.05, 0) is 66.7 Å². The lowest BCUT2D eigenvalue weighted by atomic mass is 9.79. The Bertz CT molecular complexity index is 624. The van der Waals surface area contributed by atoms with E-state index in [0.717, 1.165) is 0 Å². The van der Waals surface area contributed by atoms with Gasteiger partial charge < -0.3 is 14.0 Å². The molecule has 1 amide bonds. The summed E-state index contributed by atoms with van der Waals surface area (Å²) in [5.41, 5.74) is -0.252. The van der Waals surface area contributed by atoms with Crippen LogP contribution in [-0.4, -0.2) is 30.0 Å². The molecule has 0 atom stereocenters. The standard InChI is InChI=1S/C17H25BClNO4/c1-15(2,3)22-14(21)20-11-8-9-13(19)12(10-11)18-23-16(4,5)17(6,7)24-18/h8-10H,1-7H3,(H,20,21). The first kappa shape index (κ1) is 19.1. The number of carbonyl (C=O) groups is 1. The molecule has 1 aromatic rings. The van der Waals surface area contributed by atoms with Gasteiger partial charge in [0.15, 0.2) is 0 Å².